The summed E-state index contributed by atoms with van der Waals surface area (Å²) in [5, 5.41) is 16.4. The zero-order valence-electron chi connectivity index (χ0n) is 4.78. The Bertz CT molecular complexity index is 120. The molecule has 0 aromatic heterocycles. The summed E-state index contributed by atoms with van der Waals surface area (Å²) in [4.78, 5) is 14.0. The molecule has 0 spiro atoms. The summed E-state index contributed by atoms with van der Waals surface area (Å²) in [6.45, 7) is 0. The van der Waals surface area contributed by atoms with Crippen LogP contribution >= 0.6 is 0 Å². The number of aliphatic carboxylic acids is 1. The summed E-state index contributed by atoms with van der Waals surface area (Å²) in [7, 11) is 0. The maximum absolute atomic E-state index is 10.2. The van der Waals surface area contributed by atoms with E-state index in [1.807, 2.05) is 0 Å². The van der Waals surface area contributed by atoms with Crippen molar-refractivity contribution in [1.29, 1.82) is 0 Å². The maximum Gasteiger partial charge on any atom is 0.309 e. The van der Waals surface area contributed by atoms with Crippen molar-refractivity contribution in [3.8, 4) is 0 Å². The minimum atomic E-state index is -0.889. The summed E-state index contributed by atoms with van der Waals surface area (Å²) >= 11 is 0. The molecule has 0 radical (unpaired) electrons. The third-order valence-corrected chi connectivity index (χ3v) is 1.66. The second-order valence-electron chi connectivity index (χ2n) is 2.17. The van der Waals surface area contributed by atoms with Gasteiger partial charge in [0.05, 0.1) is 5.92 Å². The van der Waals surface area contributed by atoms with E-state index in [-0.39, 0.29) is 0 Å². The van der Waals surface area contributed by atoms with Crippen LogP contribution in [-0.4, -0.2) is 22.4 Å². The van der Waals surface area contributed by atoms with E-state index in [0.717, 1.165) is 0 Å². The van der Waals surface area contributed by atoms with Gasteiger partial charge in [-0.25, -0.2) is 4.89 Å². The summed E-state index contributed by atoms with van der Waals surface area (Å²) in [6, 6.07) is 0. The molecule has 9 heavy (non-hydrogen) atoms. The van der Waals surface area contributed by atoms with Crippen LogP contribution in [0.2, 0.25) is 0 Å². The molecule has 2 atom stereocenters. The SMILES string of the molecule is O=C(O)C1CCC1OO. The number of rotatable bonds is 2. The van der Waals surface area contributed by atoms with Gasteiger partial charge in [-0.3, -0.25) is 10.1 Å². The van der Waals surface area contributed by atoms with Gasteiger partial charge in [-0.2, -0.15) is 0 Å². The Kier molecular flexibility index (Phi) is 1.68. The van der Waals surface area contributed by atoms with Crippen LogP contribution in [0.3, 0.4) is 0 Å². The fourth-order valence-electron chi connectivity index (χ4n) is 0.878. The summed E-state index contributed by atoms with van der Waals surface area (Å²) in [5.41, 5.74) is 0. The Labute approximate surface area is 52.0 Å². The Morgan fingerprint density at radius 3 is 2.33 bits per heavy atom. The van der Waals surface area contributed by atoms with Crippen LogP contribution in [0.1, 0.15) is 12.8 Å². The largest absolute Gasteiger partial charge is 0.481 e. The molecule has 2 N–H and O–H groups in total. The van der Waals surface area contributed by atoms with Crippen LogP contribution in [0.15, 0.2) is 0 Å². The lowest BCUT2D eigenvalue weighted by atomic mass is 9.82. The first-order valence-corrected chi connectivity index (χ1v) is 2.78. The second kappa shape index (κ2) is 2.33. The highest BCUT2D eigenvalue weighted by Crippen LogP contribution is 2.29. The first kappa shape index (κ1) is 6.51. The van der Waals surface area contributed by atoms with Gasteiger partial charge in [-0.05, 0) is 12.8 Å². The Balaban J connectivity index is 2.35. The molecule has 1 fully saturated rings. The van der Waals surface area contributed by atoms with Gasteiger partial charge in [0.15, 0.2) is 0 Å². The lowest BCUT2D eigenvalue weighted by molar-refractivity contribution is -0.307. The first-order valence-electron chi connectivity index (χ1n) is 2.78. The Hall–Kier alpha value is -0.610. The van der Waals surface area contributed by atoms with Gasteiger partial charge >= 0.3 is 5.97 Å². The van der Waals surface area contributed by atoms with E-state index in [1.54, 1.807) is 0 Å². The van der Waals surface area contributed by atoms with Crippen LogP contribution in [0.5, 0.6) is 0 Å². The molecule has 52 valence electrons. The molecule has 2 unspecified atom stereocenters. The molecule has 4 nitrogen and oxygen atoms in total. The molecule has 0 aromatic carbocycles. The Morgan fingerprint density at radius 1 is 1.56 bits per heavy atom. The minimum absolute atomic E-state index is 0.470. The van der Waals surface area contributed by atoms with Crippen LogP contribution in [-0.2, 0) is 9.68 Å². The monoisotopic (exact) mass is 132 g/mol. The minimum Gasteiger partial charge on any atom is -0.481 e. The van der Waals surface area contributed by atoms with Gasteiger partial charge in [0.1, 0.15) is 6.10 Å². The van der Waals surface area contributed by atoms with Crippen molar-refractivity contribution in [2.24, 2.45) is 5.92 Å². The highest BCUT2D eigenvalue weighted by Gasteiger charge is 2.37. The fraction of sp³-hybridized carbons (Fsp3) is 0.800. The summed E-state index contributed by atoms with van der Waals surface area (Å²) in [6.07, 6.45) is 0.788. The molecular formula is C5H8O4. The van der Waals surface area contributed by atoms with Gasteiger partial charge in [0.2, 0.25) is 0 Å². The molecule has 0 amide bonds. The molecule has 0 aliphatic heterocycles. The van der Waals surface area contributed by atoms with Crippen molar-refractivity contribution in [2.75, 3.05) is 0 Å². The zero-order valence-corrected chi connectivity index (χ0v) is 4.78. The van der Waals surface area contributed by atoms with Gasteiger partial charge in [-0.15, -0.1) is 0 Å². The molecule has 0 bridgehead atoms. The van der Waals surface area contributed by atoms with Crippen LogP contribution in [0.25, 0.3) is 0 Å². The van der Waals surface area contributed by atoms with E-state index in [0.29, 0.717) is 12.8 Å². The molecule has 0 saturated heterocycles. The average Bonchev–Trinajstić information content (AvgIpc) is 1.61. The zero-order chi connectivity index (χ0) is 6.85. The smallest absolute Gasteiger partial charge is 0.309 e. The second-order valence-corrected chi connectivity index (χ2v) is 2.17. The van der Waals surface area contributed by atoms with E-state index >= 15 is 0 Å². The van der Waals surface area contributed by atoms with E-state index in [9.17, 15) is 4.79 Å². The van der Waals surface area contributed by atoms with Crippen molar-refractivity contribution in [3.05, 3.63) is 0 Å². The van der Waals surface area contributed by atoms with Gasteiger partial charge in [0, 0.05) is 0 Å². The van der Waals surface area contributed by atoms with Gasteiger partial charge in [-0.1, -0.05) is 0 Å². The molecule has 4 heteroatoms. The maximum atomic E-state index is 10.2. The fourth-order valence-corrected chi connectivity index (χ4v) is 0.878. The number of hydrogen-bond acceptors (Lipinski definition) is 3. The summed E-state index contributed by atoms with van der Waals surface area (Å²) < 4.78 is 0. The summed E-state index contributed by atoms with van der Waals surface area (Å²) in [5.74, 6) is -1.38. The molecule has 1 aliphatic carbocycles. The predicted octanol–water partition coefficient (Wildman–Crippen LogP) is 0.339. The number of carbonyl (C=O) groups is 1. The van der Waals surface area contributed by atoms with E-state index in [2.05, 4.69) is 4.89 Å². The van der Waals surface area contributed by atoms with Crippen molar-refractivity contribution < 1.29 is 20.0 Å². The van der Waals surface area contributed by atoms with Crippen molar-refractivity contribution in [3.63, 3.8) is 0 Å². The van der Waals surface area contributed by atoms with Gasteiger partial charge in [0.25, 0.3) is 0 Å². The lowest BCUT2D eigenvalue weighted by Crippen LogP contribution is -2.38. The van der Waals surface area contributed by atoms with Crippen LogP contribution in [0.4, 0.5) is 0 Å². The van der Waals surface area contributed by atoms with Crippen molar-refractivity contribution in [1.82, 2.24) is 0 Å². The molecular weight excluding hydrogens is 124 g/mol. The third-order valence-electron chi connectivity index (χ3n) is 1.66. The quantitative estimate of drug-likeness (QED) is 0.420. The normalized spacial score (nSPS) is 33.4. The third kappa shape index (κ3) is 1.04. The molecule has 0 aromatic rings. The van der Waals surface area contributed by atoms with Crippen molar-refractivity contribution >= 4 is 5.97 Å². The average molecular weight is 132 g/mol. The molecule has 0 heterocycles. The standard InChI is InChI=1S/C5H8O4/c6-5(7)3-1-2-4(3)9-8/h3-4,8H,1-2H2,(H,6,7). The van der Waals surface area contributed by atoms with Crippen LogP contribution < -0.4 is 0 Å². The highest BCUT2D eigenvalue weighted by molar-refractivity contribution is 5.71. The van der Waals surface area contributed by atoms with Gasteiger partial charge < -0.3 is 5.11 Å². The van der Waals surface area contributed by atoms with E-state index in [1.165, 1.54) is 0 Å². The number of hydrogen-bond donors (Lipinski definition) is 2. The molecule has 1 rings (SSSR count). The predicted molar refractivity (Wildman–Crippen MR) is 27.9 cm³/mol. The van der Waals surface area contributed by atoms with E-state index in [4.69, 9.17) is 10.4 Å². The Morgan fingerprint density at radius 2 is 2.22 bits per heavy atom. The lowest BCUT2D eigenvalue weighted by Gasteiger charge is -2.29. The molecule has 1 saturated carbocycles. The van der Waals surface area contributed by atoms with Crippen molar-refractivity contribution in [2.45, 2.75) is 18.9 Å². The van der Waals surface area contributed by atoms with E-state index < -0.39 is 18.0 Å². The van der Waals surface area contributed by atoms with Crippen LogP contribution in [0, 0.1) is 5.92 Å². The highest BCUT2D eigenvalue weighted by atomic mass is 17.1. The number of carboxylic acids is 1. The molecule has 1 aliphatic rings. The first-order chi connectivity index (χ1) is 4.25. The topological polar surface area (TPSA) is 66.8 Å². The number of carboxylic acid groups (broad SMARTS) is 1.